The zero-order valence-electron chi connectivity index (χ0n) is 15.6. The fourth-order valence-corrected chi connectivity index (χ4v) is 2.24. The minimum absolute atomic E-state index is 0.0845. The van der Waals surface area contributed by atoms with Crippen LogP contribution in [0.25, 0.3) is 6.08 Å². The minimum Gasteiger partial charge on any atom is -0.497 e. The highest BCUT2D eigenvalue weighted by atomic mass is 16.5. The first kappa shape index (κ1) is 19.3. The van der Waals surface area contributed by atoms with E-state index in [4.69, 9.17) is 14.2 Å². The molecule has 0 aliphatic carbocycles. The van der Waals surface area contributed by atoms with Crippen LogP contribution in [0.2, 0.25) is 0 Å². The normalized spacial score (nSPS) is 10.5. The molecule has 4 nitrogen and oxygen atoms in total. The lowest BCUT2D eigenvalue weighted by Gasteiger charge is -2.07. The molecule has 4 heteroatoms. The minimum atomic E-state index is -0.0845. The quantitative estimate of drug-likeness (QED) is 0.383. The van der Waals surface area contributed by atoms with Gasteiger partial charge in [0.2, 0.25) is 0 Å². The predicted molar refractivity (Wildman–Crippen MR) is 104 cm³/mol. The summed E-state index contributed by atoms with van der Waals surface area (Å²) in [6.45, 7) is 4.57. The molecule has 0 aromatic heterocycles. The number of allylic oxidation sites excluding steroid dienone is 2. The summed E-state index contributed by atoms with van der Waals surface area (Å²) >= 11 is 0. The Morgan fingerprint density at radius 2 is 1.65 bits per heavy atom. The second kappa shape index (κ2) is 9.47. The van der Waals surface area contributed by atoms with Crippen LogP contribution < -0.4 is 14.2 Å². The maximum Gasteiger partial charge on any atom is 0.185 e. The fraction of sp³-hybridized carbons (Fsp3) is 0.227. The summed E-state index contributed by atoms with van der Waals surface area (Å²) in [6, 6.07) is 12.6. The van der Waals surface area contributed by atoms with Crippen LogP contribution in [0.3, 0.4) is 0 Å². The first-order chi connectivity index (χ1) is 12.5. The van der Waals surface area contributed by atoms with Crippen molar-refractivity contribution in [1.82, 2.24) is 0 Å². The van der Waals surface area contributed by atoms with Crippen molar-refractivity contribution >= 4 is 11.9 Å². The van der Waals surface area contributed by atoms with E-state index in [1.54, 1.807) is 50.6 Å². The molecule has 2 aromatic rings. The molecule has 0 N–H and O–H groups in total. The summed E-state index contributed by atoms with van der Waals surface area (Å²) in [5, 5.41) is 0. The Labute approximate surface area is 154 Å². The van der Waals surface area contributed by atoms with Gasteiger partial charge >= 0.3 is 0 Å². The molecule has 136 valence electrons. The summed E-state index contributed by atoms with van der Waals surface area (Å²) in [6.07, 6.45) is 5.27. The largest absolute Gasteiger partial charge is 0.497 e. The standard InChI is InChI=1S/C22H24O4/c1-16(2)13-14-26-19-9-5-17(6-10-19)21(23)12-8-18-7-11-20(24-3)15-22(18)25-4/h5-13,15H,14H2,1-4H3/b12-8+. The van der Waals surface area contributed by atoms with E-state index < -0.39 is 0 Å². The second-order valence-corrected chi connectivity index (χ2v) is 5.92. The van der Waals surface area contributed by atoms with Gasteiger partial charge in [0.05, 0.1) is 14.2 Å². The first-order valence-electron chi connectivity index (χ1n) is 8.34. The maximum absolute atomic E-state index is 12.4. The van der Waals surface area contributed by atoms with Crippen molar-refractivity contribution in [3.63, 3.8) is 0 Å². The highest BCUT2D eigenvalue weighted by Crippen LogP contribution is 2.25. The average Bonchev–Trinajstić information content (AvgIpc) is 2.66. The van der Waals surface area contributed by atoms with E-state index in [0.717, 1.165) is 11.3 Å². The summed E-state index contributed by atoms with van der Waals surface area (Å²) in [4.78, 5) is 12.4. The molecule has 0 unspecified atom stereocenters. The first-order valence-corrected chi connectivity index (χ1v) is 8.34. The molecule has 26 heavy (non-hydrogen) atoms. The Morgan fingerprint density at radius 1 is 0.962 bits per heavy atom. The molecule has 0 aliphatic rings. The van der Waals surface area contributed by atoms with Crippen LogP contribution in [0, 0.1) is 0 Å². The van der Waals surface area contributed by atoms with Gasteiger partial charge in [-0.3, -0.25) is 4.79 Å². The summed E-state index contributed by atoms with van der Waals surface area (Å²) < 4.78 is 16.1. The molecule has 0 aliphatic heterocycles. The SMILES string of the molecule is COc1ccc(/C=C/C(=O)c2ccc(OCC=C(C)C)cc2)c(OC)c1. The summed E-state index contributed by atoms with van der Waals surface area (Å²) in [5.74, 6) is 2.00. The fourth-order valence-electron chi connectivity index (χ4n) is 2.24. The number of benzene rings is 2. The highest BCUT2D eigenvalue weighted by molar-refractivity contribution is 6.07. The Bertz CT molecular complexity index is 797. The number of methoxy groups -OCH3 is 2. The van der Waals surface area contributed by atoms with E-state index in [9.17, 15) is 4.79 Å². The third-order valence-electron chi connectivity index (χ3n) is 3.74. The van der Waals surface area contributed by atoms with Crippen molar-refractivity contribution in [3.05, 3.63) is 71.3 Å². The van der Waals surface area contributed by atoms with E-state index in [1.165, 1.54) is 11.6 Å². The van der Waals surface area contributed by atoms with Gasteiger partial charge in [0.15, 0.2) is 5.78 Å². The number of ketones is 1. The monoisotopic (exact) mass is 352 g/mol. The predicted octanol–water partition coefficient (Wildman–Crippen LogP) is 4.94. The zero-order chi connectivity index (χ0) is 18.9. The van der Waals surface area contributed by atoms with E-state index in [-0.39, 0.29) is 5.78 Å². The lowest BCUT2D eigenvalue weighted by Crippen LogP contribution is -1.97. The molecule has 0 saturated heterocycles. The van der Waals surface area contributed by atoms with Crippen molar-refractivity contribution in [1.29, 1.82) is 0 Å². The molecule has 0 heterocycles. The smallest absolute Gasteiger partial charge is 0.185 e. The molecule has 0 fully saturated rings. The molecule has 0 radical (unpaired) electrons. The molecule has 0 saturated carbocycles. The molecular weight excluding hydrogens is 328 g/mol. The van der Waals surface area contributed by atoms with Crippen molar-refractivity contribution in [3.8, 4) is 17.2 Å². The van der Waals surface area contributed by atoms with Gasteiger partial charge in [-0.05, 0) is 68.5 Å². The van der Waals surface area contributed by atoms with Crippen LogP contribution in [0.4, 0.5) is 0 Å². The Morgan fingerprint density at radius 3 is 2.27 bits per heavy atom. The van der Waals surface area contributed by atoms with Gasteiger partial charge < -0.3 is 14.2 Å². The van der Waals surface area contributed by atoms with Gasteiger partial charge in [0.1, 0.15) is 23.9 Å². The van der Waals surface area contributed by atoms with Crippen molar-refractivity contribution in [2.75, 3.05) is 20.8 Å². The lowest BCUT2D eigenvalue weighted by molar-refractivity contribution is 0.104. The van der Waals surface area contributed by atoms with Gasteiger partial charge in [-0.2, -0.15) is 0 Å². The van der Waals surface area contributed by atoms with Crippen LogP contribution in [0.1, 0.15) is 29.8 Å². The van der Waals surface area contributed by atoms with Crippen molar-refractivity contribution in [2.45, 2.75) is 13.8 Å². The van der Waals surface area contributed by atoms with Gasteiger partial charge in [-0.25, -0.2) is 0 Å². The highest BCUT2D eigenvalue weighted by Gasteiger charge is 2.05. The summed E-state index contributed by atoms with van der Waals surface area (Å²) in [5.41, 5.74) is 2.61. The Balaban J connectivity index is 2.05. The number of rotatable bonds is 8. The molecule has 2 rings (SSSR count). The van der Waals surface area contributed by atoms with Crippen LogP contribution in [0.5, 0.6) is 17.2 Å². The third-order valence-corrected chi connectivity index (χ3v) is 3.74. The molecule has 2 aromatic carbocycles. The van der Waals surface area contributed by atoms with Crippen LogP contribution in [-0.4, -0.2) is 26.6 Å². The molecule has 0 amide bonds. The van der Waals surface area contributed by atoms with E-state index in [0.29, 0.717) is 23.7 Å². The molecule has 0 atom stereocenters. The molecule has 0 spiro atoms. The van der Waals surface area contributed by atoms with E-state index >= 15 is 0 Å². The van der Waals surface area contributed by atoms with Crippen molar-refractivity contribution in [2.24, 2.45) is 0 Å². The van der Waals surface area contributed by atoms with Crippen molar-refractivity contribution < 1.29 is 19.0 Å². The van der Waals surface area contributed by atoms with Crippen LogP contribution in [-0.2, 0) is 0 Å². The van der Waals surface area contributed by atoms with Gasteiger partial charge in [0, 0.05) is 17.2 Å². The number of ether oxygens (including phenoxy) is 3. The average molecular weight is 352 g/mol. The maximum atomic E-state index is 12.4. The number of carbonyl (C=O) groups excluding carboxylic acids is 1. The molecular formula is C22H24O4. The van der Waals surface area contributed by atoms with E-state index in [1.807, 2.05) is 32.1 Å². The Hall–Kier alpha value is -3.01. The summed E-state index contributed by atoms with van der Waals surface area (Å²) in [7, 11) is 3.18. The lowest BCUT2D eigenvalue weighted by atomic mass is 10.1. The second-order valence-electron chi connectivity index (χ2n) is 5.92. The third kappa shape index (κ3) is 5.52. The number of hydrogen-bond acceptors (Lipinski definition) is 4. The van der Waals surface area contributed by atoms with Crippen LogP contribution in [0.15, 0.2) is 60.2 Å². The Kier molecular flexibility index (Phi) is 7.03. The van der Waals surface area contributed by atoms with Gasteiger partial charge in [0.25, 0.3) is 0 Å². The molecule has 0 bridgehead atoms. The van der Waals surface area contributed by atoms with E-state index in [2.05, 4.69) is 0 Å². The topological polar surface area (TPSA) is 44.8 Å². The number of hydrogen-bond donors (Lipinski definition) is 0. The van der Waals surface area contributed by atoms with Gasteiger partial charge in [-0.1, -0.05) is 5.57 Å². The van der Waals surface area contributed by atoms with Gasteiger partial charge in [-0.15, -0.1) is 0 Å². The zero-order valence-corrected chi connectivity index (χ0v) is 15.6. The number of carbonyl (C=O) groups is 1. The van der Waals surface area contributed by atoms with Crippen LogP contribution >= 0.6 is 0 Å².